The summed E-state index contributed by atoms with van der Waals surface area (Å²) in [6.07, 6.45) is 8.17. The molecule has 2 N–H and O–H groups in total. The van der Waals surface area contributed by atoms with Gasteiger partial charge in [0, 0.05) is 30.2 Å². The minimum Gasteiger partial charge on any atom is -0.493 e. The van der Waals surface area contributed by atoms with Crippen LogP contribution in [0.2, 0.25) is 0 Å². The van der Waals surface area contributed by atoms with Crippen molar-refractivity contribution in [2.75, 3.05) is 24.9 Å². The van der Waals surface area contributed by atoms with Crippen molar-refractivity contribution in [3.63, 3.8) is 0 Å². The Kier molecular flexibility index (Phi) is 5.38. The van der Waals surface area contributed by atoms with E-state index in [1.54, 1.807) is 44.8 Å². The number of hydrogen-bond donors (Lipinski definition) is 2. The lowest BCUT2D eigenvalue weighted by molar-refractivity contribution is 0.102. The number of hydrogen-bond acceptors (Lipinski definition) is 5. The van der Waals surface area contributed by atoms with Gasteiger partial charge in [-0.2, -0.15) is 0 Å². The maximum Gasteiger partial charge on any atom is 0.257 e. The van der Waals surface area contributed by atoms with Crippen LogP contribution in [0.1, 0.15) is 36.0 Å². The summed E-state index contributed by atoms with van der Waals surface area (Å²) in [6, 6.07) is 7.57. The largest absolute Gasteiger partial charge is 0.493 e. The molecule has 2 aromatic rings. The lowest BCUT2D eigenvalue weighted by Gasteiger charge is -2.14. The van der Waals surface area contributed by atoms with Crippen molar-refractivity contribution >= 4 is 17.3 Å². The number of carbonyl (C=O) groups is 1. The van der Waals surface area contributed by atoms with Crippen LogP contribution in [-0.4, -0.2) is 31.2 Å². The molecule has 25 heavy (non-hydrogen) atoms. The van der Waals surface area contributed by atoms with Crippen molar-refractivity contribution in [3.05, 3.63) is 42.2 Å². The summed E-state index contributed by atoms with van der Waals surface area (Å²) in [7, 11) is 3.14. The van der Waals surface area contributed by atoms with E-state index in [9.17, 15) is 4.79 Å². The van der Waals surface area contributed by atoms with E-state index in [2.05, 4.69) is 15.6 Å². The number of pyridine rings is 1. The van der Waals surface area contributed by atoms with Gasteiger partial charge >= 0.3 is 0 Å². The van der Waals surface area contributed by atoms with Crippen LogP contribution in [0.15, 0.2) is 36.7 Å². The molecule has 6 nitrogen and oxygen atoms in total. The van der Waals surface area contributed by atoms with Crippen LogP contribution in [0.4, 0.5) is 11.4 Å². The van der Waals surface area contributed by atoms with Gasteiger partial charge in [-0.3, -0.25) is 9.78 Å². The second-order valence-corrected chi connectivity index (χ2v) is 6.11. The molecule has 1 heterocycles. The zero-order chi connectivity index (χ0) is 17.6. The molecule has 1 aliphatic rings. The van der Waals surface area contributed by atoms with E-state index in [1.807, 2.05) is 6.07 Å². The number of ether oxygens (including phenoxy) is 2. The predicted molar refractivity (Wildman–Crippen MR) is 97.6 cm³/mol. The summed E-state index contributed by atoms with van der Waals surface area (Å²) in [5, 5.41) is 6.32. The molecule has 0 bridgehead atoms. The number of carbonyl (C=O) groups excluding carboxylic acids is 1. The fraction of sp³-hybridized carbons (Fsp3) is 0.368. The summed E-state index contributed by atoms with van der Waals surface area (Å²) in [4.78, 5) is 16.7. The first kappa shape index (κ1) is 17.1. The second kappa shape index (κ2) is 7.88. The Morgan fingerprint density at radius 3 is 2.52 bits per heavy atom. The maximum absolute atomic E-state index is 12.5. The number of rotatable bonds is 6. The maximum atomic E-state index is 12.5. The number of methoxy groups -OCH3 is 2. The molecular weight excluding hydrogens is 318 g/mol. The molecule has 1 saturated carbocycles. The fourth-order valence-electron chi connectivity index (χ4n) is 3.07. The predicted octanol–water partition coefficient (Wildman–Crippen LogP) is 3.71. The summed E-state index contributed by atoms with van der Waals surface area (Å²) < 4.78 is 10.5. The molecule has 1 fully saturated rings. The quantitative estimate of drug-likeness (QED) is 0.838. The number of aromatic nitrogens is 1. The van der Waals surface area contributed by atoms with Gasteiger partial charge < -0.3 is 20.1 Å². The lowest BCUT2D eigenvalue weighted by Crippen LogP contribution is -2.16. The van der Waals surface area contributed by atoms with E-state index < -0.39 is 0 Å². The Labute approximate surface area is 147 Å². The normalized spacial score (nSPS) is 14.2. The molecule has 1 aromatic heterocycles. The third kappa shape index (κ3) is 4.21. The van der Waals surface area contributed by atoms with Crippen molar-refractivity contribution in [1.82, 2.24) is 4.98 Å². The number of amides is 1. The van der Waals surface area contributed by atoms with Crippen LogP contribution in [0.25, 0.3) is 0 Å². The highest BCUT2D eigenvalue weighted by Crippen LogP contribution is 2.30. The minimum atomic E-state index is -0.213. The smallest absolute Gasteiger partial charge is 0.257 e. The van der Waals surface area contributed by atoms with Gasteiger partial charge in [-0.1, -0.05) is 12.8 Å². The van der Waals surface area contributed by atoms with Gasteiger partial charge in [-0.15, -0.1) is 0 Å². The van der Waals surface area contributed by atoms with Crippen molar-refractivity contribution in [1.29, 1.82) is 0 Å². The van der Waals surface area contributed by atoms with Crippen LogP contribution >= 0.6 is 0 Å². The zero-order valence-corrected chi connectivity index (χ0v) is 14.5. The van der Waals surface area contributed by atoms with Gasteiger partial charge in [-0.25, -0.2) is 0 Å². The SMILES string of the molecule is COc1ccc(NC(=O)c2cncc(NC3CCCC3)c2)cc1OC. The highest BCUT2D eigenvalue weighted by Gasteiger charge is 2.15. The molecule has 6 heteroatoms. The molecule has 1 aliphatic carbocycles. The monoisotopic (exact) mass is 341 g/mol. The standard InChI is InChI=1S/C19H23N3O3/c1-24-17-8-7-15(10-18(17)25-2)22-19(23)13-9-16(12-20-11-13)21-14-5-3-4-6-14/h7-12,14,21H,3-6H2,1-2H3,(H,22,23). The van der Waals surface area contributed by atoms with Crippen LogP contribution in [0.3, 0.4) is 0 Å². The van der Waals surface area contributed by atoms with E-state index in [-0.39, 0.29) is 5.91 Å². The van der Waals surface area contributed by atoms with Crippen LogP contribution < -0.4 is 20.1 Å². The van der Waals surface area contributed by atoms with Gasteiger partial charge in [-0.05, 0) is 31.0 Å². The second-order valence-electron chi connectivity index (χ2n) is 6.11. The highest BCUT2D eigenvalue weighted by molar-refractivity contribution is 6.04. The van der Waals surface area contributed by atoms with Gasteiger partial charge in [0.1, 0.15) is 0 Å². The summed E-state index contributed by atoms with van der Waals surface area (Å²) in [6.45, 7) is 0. The van der Waals surface area contributed by atoms with E-state index in [0.29, 0.717) is 28.8 Å². The average molecular weight is 341 g/mol. The van der Waals surface area contributed by atoms with Gasteiger partial charge in [0.2, 0.25) is 0 Å². The Morgan fingerprint density at radius 1 is 1.04 bits per heavy atom. The molecular formula is C19H23N3O3. The Balaban J connectivity index is 1.70. The molecule has 3 rings (SSSR count). The van der Waals surface area contributed by atoms with E-state index >= 15 is 0 Å². The van der Waals surface area contributed by atoms with Crippen molar-refractivity contribution in [3.8, 4) is 11.5 Å². The van der Waals surface area contributed by atoms with Crippen LogP contribution in [0.5, 0.6) is 11.5 Å². The number of anilines is 2. The molecule has 0 radical (unpaired) electrons. The summed E-state index contributed by atoms with van der Waals surface area (Å²) in [5.41, 5.74) is 2.03. The van der Waals surface area contributed by atoms with Gasteiger partial charge in [0.15, 0.2) is 11.5 Å². The van der Waals surface area contributed by atoms with Crippen LogP contribution in [-0.2, 0) is 0 Å². The molecule has 0 saturated heterocycles. The Bertz CT molecular complexity index is 742. The Morgan fingerprint density at radius 2 is 1.80 bits per heavy atom. The average Bonchev–Trinajstić information content (AvgIpc) is 3.14. The molecule has 0 spiro atoms. The van der Waals surface area contributed by atoms with Gasteiger partial charge in [0.25, 0.3) is 5.91 Å². The van der Waals surface area contributed by atoms with Crippen molar-refractivity contribution < 1.29 is 14.3 Å². The minimum absolute atomic E-state index is 0.213. The first-order valence-electron chi connectivity index (χ1n) is 8.44. The van der Waals surface area contributed by atoms with Crippen molar-refractivity contribution in [2.24, 2.45) is 0 Å². The number of nitrogens with zero attached hydrogens (tertiary/aromatic N) is 1. The number of nitrogens with one attached hydrogen (secondary N) is 2. The first-order valence-corrected chi connectivity index (χ1v) is 8.44. The summed E-state index contributed by atoms with van der Waals surface area (Å²) in [5.74, 6) is 0.967. The lowest BCUT2D eigenvalue weighted by atomic mass is 10.2. The third-order valence-electron chi connectivity index (χ3n) is 4.37. The zero-order valence-electron chi connectivity index (χ0n) is 14.5. The highest BCUT2D eigenvalue weighted by atomic mass is 16.5. The molecule has 0 aliphatic heterocycles. The molecule has 0 atom stereocenters. The topological polar surface area (TPSA) is 72.5 Å². The number of benzene rings is 1. The molecule has 0 unspecified atom stereocenters. The molecule has 1 amide bonds. The summed E-state index contributed by atoms with van der Waals surface area (Å²) >= 11 is 0. The van der Waals surface area contributed by atoms with Crippen molar-refractivity contribution in [2.45, 2.75) is 31.7 Å². The first-order chi connectivity index (χ1) is 12.2. The third-order valence-corrected chi connectivity index (χ3v) is 4.37. The molecule has 132 valence electrons. The van der Waals surface area contributed by atoms with E-state index in [4.69, 9.17) is 9.47 Å². The van der Waals surface area contributed by atoms with E-state index in [1.165, 1.54) is 25.7 Å². The fourth-order valence-corrected chi connectivity index (χ4v) is 3.07. The van der Waals surface area contributed by atoms with Gasteiger partial charge in [0.05, 0.1) is 25.5 Å². The van der Waals surface area contributed by atoms with Crippen LogP contribution in [0, 0.1) is 0 Å². The Hall–Kier alpha value is -2.76. The van der Waals surface area contributed by atoms with E-state index in [0.717, 1.165) is 5.69 Å². The molecule has 1 aromatic carbocycles.